The van der Waals surface area contributed by atoms with E-state index in [1.165, 1.54) is 0 Å². The van der Waals surface area contributed by atoms with Crippen LogP contribution in [-0.4, -0.2) is 38.4 Å². The largest absolute Gasteiger partial charge is 0.313 e. The lowest BCUT2D eigenvalue weighted by Gasteiger charge is -2.32. The van der Waals surface area contributed by atoms with E-state index in [0.717, 1.165) is 36.9 Å². The number of benzene rings is 1. The van der Waals surface area contributed by atoms with E-state index in [-0.39, 0.29) is 6.04 Å². The molecule has 21 heavy (non-hydrogen) atoms. The summed E-state index contributed by atoms with van der Waals surface area (Å²) in [6.45, 7) is 8.13. The molecule has 1 aromatic rings. The number of nitrogens with one attached hydrogen (secondary N) is 1. The normalized spacial score (nSPS) is 20.6. The molecule has 0 aliphatic carbocycles. The highest BCUT2D eigenvalue weighted by molar-refractivity contribution is 7.89. The third-order valence-corrected chi connectivity index (χ3v) is 6.04. The van der Waals surface area contributed by atoms with Crippen LogP contribution < -0.4 is 5.32 Å². The maximum Gasteiger partial charge on any atom is 0.243 e. The van der Waals surface area contributed by atoms with Crippen LogP contribution in [0, 0.1) is 13.8 Å². The first-order valence-corrected chi connectivity index (χ1v) is 9.20. The van der Waals surface area contributed by atoms with Crippen LogP contribution in [0.25, 0.3) is 0 Å². The van der Waals surface area contributed by atoms with Gasteiger partial charge in [0.1, 0.15) is 0 Å². The van der Waals surface area contributed by atoms with Gasteiger partial charge in [0.25, 0.3) is 0 Å². The Hall–Kier alpha value is -0.910. The maximum atomic E-state index is 12.8. The van der Waals surface area contributed by atoms with Crippen molar-refractivity contribution in [3.8, 4) is 0 Å². The highest BCUT2D eigenvalue weighted by Crippen LogP contribution is 2.24. The summed E-state index contributed by atoms with van der Waals surface area (Å²) in [5, 5.41) is 3.44. The van der Waals surface area contributed by atoms with Gasteiger partial charge >= 0.3 is 0 Å². The summed E-state index contributed by atoms with van der Waals surface area (Å²) in [5.74, 6) is 0. The molecule has 0 amide bonds. The van der Waals surface area contributed by atoms with E-state index in [1.807, 2.05) is 26.0 Å². The average Bonchev–Trinajstić information content (AvgIpc) is 2.45. The van der Waals surface area contributed by atoms with Crippen molar-refractivity contribution < 1.29 is 8.42 Å². The van der Waals surface area contributed by atoms with E-state index in [2.05, 4.69) is 12.2 Å². The van der Waals surface area contributed by atoms with Gasteiger partial charge in [0.15, 0.2) is 0 Å². The zero-order chi connectivity index (χ0) is 15.5. The Labute approximate surface area is 128 Å². The van der Waals surface area contributed by atoms with Crippen molar-refractivity contribution in [1.29, 1.82) is 0 Å². The second-order valence-electron chi connectivity index (χ2n) is 5.93. The van der Waals surface area contributed by atoms with E-state index in [1.54, 1.807) is 10.4 Å². The van der Waals surface area contributed by atoms with Crippen LogP contribution in [0.1, 0.15) is 37.3 Å². The Balaban J connectivity index is 2.18. The molecule has 1 N–H and O–H groups in total. The minimum atomic E-state index is -3.37. The van der Waals surface area contributed by atoms with Crippen LogP contribution in [0.15, 0.2) is 23.1 Å². The summed E-state index contributed by atoms with van der Waals surface area (Å²) in [5.41, 5.74) is 1.92. The lowest BCUT2D eigenvalue weighted by atomic mass is 10.1. The van der Waals surface area contributed by atoms with Crippen molar-refractivity contribution in [2.75, 3.05) is 19.6 Å². The van der Waals surface area contributed by atoms with Crippen molar-refractivity contribution >= 4 is 10.0 Å². The lowest BCUT2D eigenvalue weighted by Crippen LogP contribution is -2.48. The summed E-state index contributed by atoms with van der Waals surface area (Å²) < 4.78 is 27.3. The van der Waals surface area contributed by atoms with Gasteiger partial charge < -0.3 is 5.32 Å². The van der Waals surface area contributed by atoms with E-state index in [9.17, 15) is 8.42 Å². The Kier molecular flexibility index (Phi) is 5.41. The molecule has 1 aliphatic rings. The standard InChI is InChI=1S/C16H26N2O2S/c1-4-9-17-15-6-5-10-18(12-15)21(19,20)16-8-7-13(2)11-14(16)3/h7-8,11,15,17H,4-6,9-10,12H2,1-3H3. The SMILES string of the molecule is CCCNC1CCCN(S(=O)(=O)c2ccc(C)cc2C)C1. The third kappa shape index (κ3) is 3.84. The minimum absolute atomic E-state index is 0.277. The molecular weight excluding hydrogens is 284 g/mol. The van der Waals surface area contributed by atoms with Crippen LogP contribution in [-0.2, 0) is 10.0 Å². The lowest BCUT2D eigenvalue weighted by molar-refractivity contribution is 0.284. The molecule has 1 fully saturated rings. The number of rotatable bonds is 5. The number of aryl methyl sites for hydroxylation is 2. The van der Waals surface area contributed by atoms with Crippen molar-refractivity contribution in [3.05, 3.63) is 29.3 Å². The van der Waals surface area contributed by atoms with E-state index >= 15 is 0 Å². The molecule has 0 saturated carbocycles. The molecule has 1 aromatic carbocycles. The van der Waals surface area contributed by atoms with Crippen LogP contribution >= 0.6 is 0 Å². The van der Waals surface area contributed by atoms with Gasteiger partial charge in [0.05, 0.1) is 4.90 Å². The molecule has 0 spiro atoms. The van der Waals surface area contributed by atoms with Crippen molar-refractivity contribution in [3.63, 3.8) is 0 Å². The highest BCUT2D eigenvalue weighted by atomic mass is 32.2. The smallest absolute Gasteiger partial charge is 0.243 e. The molecule has 0 bridgehead atoms. The first-order chi connectivity index (χ1) is 9.95. The summed E-state index contributed by atoms with van der Waals surface area (Å²) in [7, 11) is -3.37. The maximum absolute atomic E-state index is 12.8. The Morgan fingerprint density at radius 1 is 1.33 bits per heavy atom. The Morgan fingerprint density at radius 2 is 2.10 bits per heavy atom. The van der Waals surface area contributed by atoms with Crippen LogP contribution in [0.5, 0.6) is 0 Å². The number of hydrogen-bond donors (Lipinski definition) is 1. The zero-order valence-corrected chi connectivity index (χ0v) is 14.0. The monoisotopic (exact) mass is 310 g/mol. The highest BCUT2D eigenvalue weighted by Gasteiger charge is 2.30. The fourth-order valence-corrected chi connectivity index (χ4v) is 4.63. The molecule has 0 radical (unpaired) electrons. The van der Waals surface area contributed by atoms with Crippen LogP contribution in [0.3, 0.4) is 0 Å². The summed E-state index contributed by atoms with van der Waals surface area (Å²) >= 11 is 0. The first kappa shape index (κ1) is 16.5. The number of sulfonamides is 1. The summed E-state index contributed by atoms with van der Waals surface area (Å²) in [4.78, 5) is 0.448. The molecule has 1 aliphatic heterocycles. The number of piperidine rings is 1. The molecule has 2 rings (SSSR count). The topological polar surface area (TPSA) is 49.4 Å². The fourth-order valence-electron chi connectivity index (χ4n) is 2.90. The average molecular weight is 310 g/mol. The molecular formula is C16H26N2O2S. The number of hydrogen-bond acceptors (Lipinski definition) is 3. The molecule has 1 saturated heterocycles. The molecule has 1 unspecified atom stereocenters. The summed E-state index contributed by atoms with van der Waals surface area (Å²) in [6.07, 6.45) is 3.05. The predicted molar refractivity (Wildman–Crippen MR) is 86.0 cm³/mol. The van der Waals surface area contributed by atoms with E-state index in [4.69, 9.17) is 0 Å². The fraction of sp³-hybridized carbons (Fsp3) is 0.625. The Bertz CT molecular complexity index is 584. The molecule has 5 heteroatoms. The van der Waals surface area contributed by atoms with Gasteiger partial charge in [-0.25, -0.2) is 8.42 Å². The second kappa shape index (κ2) is 6.90. The van der Waals surface area contributed by atoms with Crippen molar-refractivity contribution in [2.45, 2.75) is 51.0 Å². The van der Waals surface area contributed by atoms with Gasteiger partial charge in [-0.1, -0.05) is 24.6 Å². The molecule has 0 aromatic heterocycles. The van der Waals surface area contributed by atoms with Gasteiger partial charge in [-0.15, -0.1) is 0 Å². The van der Waals surface area contributed by atoms with Crippen LogP contribution in [0.2, 0.25) is 0 Å². The van der Waals surface area contributed by atoms with Gasteiger partial charge in [-0.3, -0.25) is 0 Å². The minimum Gasteiger partial charge on any atom is -0.313 e. The molecule has 118 valence electrons. The molecule has 1 atom stereocenters. The van der Waals surface area contributed by atoms with E-state index < -0.39 is 10.0 Å². The van der Waals surface area contributed by atoms with E-state index in [0.29, 0.717) is 18.0 Å². The molecule has 1 heterocycles. The molecule has 4 nitrogen and oxygen atoms in total. The first-order valence-electron chi connectivity index (χ1n) is 7.76. The summed E-state index contributed by atoms with van der Waals surface area (Å²) in [6, 6.07) is 5.82. The number of nitrogens with zero attached hydrogens (tertiary/aromatic N) is 1. The third-order valence-electron chi connectivity index (χ3n) is 4.02. The van der Waals surface area contributed by atoms with Gasteiger partial charge in [-0.05, 0) is 51.3 Å². The van der Waals surface area contributed by atoms with Crippen LogP contribution in [0.4, 0.5) is 0 Å². The van der Waals surface area contributed by atoms with Crippen molar-refractivity contribution in [2.24, 2.45) is 0 Å². The predicted octanol–water partition coefficient (Wildman–Crippen LogP) is 2.46. The zero-order valence-electron chi connectivity index (χ0n) is 13.2. The Morgan fingerprint density at radius 3 is 2.76 bits per heavy atom. The quantitative estimate of drug-likeness (QED) is 0.909. The van der Waals surface area contributed by atoms with Crippen molar-refractivity contribution in [1.82, 2.24) is 9.62 Å². The van der Waals surface area contributed by atoms with Gasteiger partial charge in [-0.2, -0.15) is 4.31 Å². The van der Waals surface area contributed by atoms with Gasteiger partial charge in [0.2, 0.25) is 10.0 Å². The second-order valence-corrected chi connectivity index (χ2v) is 7.83. The van der Waals surface area contributed by atoms with Gasteiger partial charge in [0, 0.05) is 19.1 Å².